The summed E-state index contributed by atoms with van der Waals surface area (Å²) in [6.07, 6.45) is -6.65. The van der Waals surface area contributed by atoms with Gasteiger partial charge in [-0.25, -0.2) is 9.38 Å². The quantitative estimate of drug-likeness (QED) is 0.254. The first-order valence-electron chi connectivity index (χ1n) is 9.03. The van der Waals surface area contributed by atoms with Crippen LogP contribution in [0.25, 0.3) is 11.2 Å². The molecule has 1 fully saturated rings. The fourth-order valence-corrected chi connectivity index (χ4v) is 3.03. The minimum atomic E-state index is -4.69. The monoisotopic (exact) mass is 448 g/mol. The van der Waals surface area contributed by atoms with Crippen LogP contribution in [0.5, 0.6) is 0 Å². The van der Waals surface area contributed by atoms with E-state index in [9.17, 15) is 26.3 Å². The zero-order valence-corrected chi connectivity index (χ0v) is 16.5. The highest BCUT2D eigenvalue weighted by atomic mass is 19.4. The van der Waals surface area contributed by atoms with Crippen LogP contribution in [0.15, 0.2) is 41.1 Å². The molecule has 0 aliphatic heterocycles. The second-order valence-electron chi connectivity index (χ2n) is 6.98. The summed E-state index contributed by atoms with van der Waals surface area (Å²) >= 11 is 0. The number of aliphatic imine (C=N–C) groups is 1. The molecular weight excluding hydrogens is 430 g/mol. The topological polar surface area (TPSA) is 61.0 Å². The number of halogens is 6. The Bertz CT molecular complexity index is 1050. The van der Waals surface area contributed by atoms with E-state index in [0.717, 1.165) is 17.6 Å². The maximum atomic E-state index is 14.7. The molecule has 0 radical (unpaired) electrons. The van der Waals surface area contributed by atoms with Crippen molar-refractivity contribution in [2.75, 3.05) is 7.11 Å². The Balaban J connectivity index is 1.96. The van der Waals surface area contributed by atoms with Gasteiger partial charge in [-0.2, -0.15) is 22.0 Å². The van der Waals surface area contributed by atoms with Crippen LogP contribution in [0.2, 0.25) is 0 Å². The minimum absolute atomic E-state index is 0.0909. The van der Waals surface area contributed by atoms with Crippen molar-refractivity contribution in [3.8, 4) is 0 Å². The Morgan fingerprint density at radius 1 is 1.23 bits per heavy atom. The van der Waals surface area contributed by atoms with Crippen LogP contribution in [-0.4, -0.2) is 40.2 Å². The van der Waals surface area contributed by atoms with E-state index in [0.29, 0.717) is 0 Å². The number of aromatic nitrogens is 3. The van der Waals surface area contributed by atoms with Gasteiger partial charge in [-0.3, -0.25) is 4.40 Å². The van der Waals surface area contributed by atoms with Crippen molar-refractivity contribution in [1.82, 2.24) is 14.6 Å². The number of ether oxygens (including phenoxy) is 2. The first kappa shape index (κ1) is 22.8. The highest BCUT2D eigenvalue weighted by molar-refractivity contribution is 5.66. The number of allylic oxidation sites excluding steroid dienone is 3. The fraction of sp³-hybridized carbons (Fsp3) is 0.421. The first-order valence-corrected chi connectivity index (χ1v) is 9.03. The average molecular weight is 448 g/mol. The molecule has 0 atom stereocenters. The lowest BCUT2D eigenvalue weighted by Crippen LogP contribution is -2.52. The van der Waals surface area contributed by atoms with E-state index >= 15 is 0 Å². The van der Waals surface area contributed by atoms with Gasteiger partial charge in [0.25, 0.3) is 5.88 Å². The number of rotatable bonds is 7. The highest BCUT2D eigenvalue weighted by Gasteiger charge is 2.61. The van der Waals surface area contributed by atoms with Crippen LogP contribution in [0.3, 0.4) is 0 Å². The van der Waals surface area contributed by atoms with Gasteiger partial charge in [0.1, 0.15) is 0 Å². The molecular formula is C19H18F6N4O2. The standard InChI is InChI=1S/C19H18F6N4O2/c1-11(9-13(20)15(26-2)31-17(7-4-8-17)19(23,24)25)12-5-6-14-27-28-16(29(14)10-12)18(21,22)30-3/h5-6,9-10H,2,4,7-8H2,1,3H3/b11-9+,15-13-. The second kappa shape index (κ2) is 7.98. The van der Waals surface area contributed by atoms with Crippen molar-refractivity contribution in [3.63, 3.8) is 0 Å². The molecule has 1 aliphatic carbocycles. The zero-order chi connectivity index (χ0) is 23.0. The van der Waals surface area contributed by atoms with Crippen LogP contribution in [-0.2, 0) is 15.6 Å². The van der Waals surface area contributed by atoms with Crippen molar-refractivity contribution in [1.29, 1.82) is 0 Å². The molecule has 0 saturated heterocycles. The lowest BCUT2D eigenvalue weighted by atomic mass is 9.79. The maximum Gasteiger partial charge on any atom is 0.428 e. The Morgan fingerprint density at radius 2 is 1.90 bits per heavy atom. The maximum absolute atomic E-state index is 14.7. The van der Waals surface area contributed by atoms with Gasteiger partial charge in [0.2, 0.25) is 11.4 Å². The minimum Gasteiger partial charge on any atom is -0.459 e. The summed E-state index contributed by atoms with van der Waals surface area (Å²) in [7, 11) is 0.801. The number of pyridine rings is 1. The lowest BCUT2D eigenvalue weighted by molar-refractivity contribution is -0.292. The zero-order valence-electron chi connectivity index (χ0n) is 16.5. The fourth-order valence-electron chi connectivity index (χ4n) is 3.03. The molecule has 3 rings (SSSR count). The van der Waals surface area contributed by atoms with Crippen LogP contribution in [0, 0.1) is 0 Å². The third kappa shape index (κ3) is 4.16. The van der Waals surface area contributed by atoms with Gasteiger partial charge in [-0.05, 0) is 62.2 Å². The molecule has 6 nitrogen and oxygen atoms in total. The van der Waals surface area contributed by atoms with E-state index in [1.165, 1.54) is 25.3 Å². The Hall–Kier alpha value is -2.89. The van der Waals surface area contributed by atoms with E-state index in [1.807, 2.05) is 0 Å². The van der Waals surface area contributed by atoms with Crippen molar-refractivity contribution < 1.29 is 35.8 Å². The molecule has 0 amide bonds. The molecule has 0 aromatic carbocycles. The molecule has 2 aromatic rings. The average Bonchev–Trinajstić information content (AvgIpc) is 3.10. The van der Waals surface area contributed by atoms with Crippen LogP contribution < -0.4 is 0 Å². The molecule has 12 heteroatoms. The molecule has 0 bridgehead atoms. The number of methoxy groups -OCH3 is 1. The smallest absolute Gasteiger partial charge is 0.428 e. The second-order valence-corrected chi connectivity index (χ2v) is 6.98. The normalized spacial score (nSPS) is 17.9. The van der Waals surface area contributed by atoms with Gasteiger partial charge >= 0.3 is 12.3 Å². The summed E-state index contributed by atoms with van der Waals surface area (Å²) in [4.78, 5) is 3.26. The predicted octanol–water partition coefficient (Wildman–Crippen LogP) is 5.17. The predicted molar refractivity (Wildman–Crippen MR) is 98.9 cm³/mol. The number of fused-ring (bicyclic) bond motifs is 1. The summed E-state index contributed by atoms with van der Waals surface area (Å²) in [6, 6.07) is 2.83. The third-order valence-corrected chi connectivity index (χ3v) is 5.04. The molecule has 2 heterocycles. The molecule has 0 unspecified atom stereocenters. The number of hydrogen-bond donors (Lipinski definition) is 0. The molecule has 2 aromatic heterocycles. The molecule has 1 saturated carbocycles. The number of alkyl halides is 5. The van der Waals surface area contributed by atoms with E-state index in [2.05, 4.69) is 26.6 Å². The number of hydrogen-bond acceptors (Lipinski definition) is 5. The van der Waals surface area contributed by atoms with Crippen molar-refractivity contribution >= 4 is 17.9 Å². The van der Waals surface area contributed by atoms with Gasteiger partial charge in [-0.1, -0.05) is 0 Å². The molecule has 0 spiro atoms. The first-order chi connectivity index (χ1) is 14.4. The summed E-state index contributed by atoms with van der Waals surface area (Å²) in [5, 5.41) is 7.02. The van der Waals surface area contributed by atoms with Crippen LogP contribution in [0.4, 0.5) is 26.3 Å². The Labute approximate surface area is 172 Å². The van der Waals surface area contributed by atoms with Crippen molar-refractivity contribution in [2.24, 2.45) is 4.99 Å². The summed E-state index contributed by atoms with van der Waals surface area (Å²) < 4.78 is 92.3. The van der Waals surface area contributed by atoms with Gasteiger partial charge in [-0.15, -0.1) is 10.2 Å². The largest absolute Gasteiger partial charge is 0.459 e. The summed E-state index contributed by atoms with van der Waals surface area (Å²) in [6.45, 7) is 4.51. The lowest BCUT2D eigenvalue weighted by Gasteiger charge is -2.42. The number of nitrogens with zero attached hydrogens (tertiary/aromatic N) is 4. The van der Waals surface area contributed by atoms with Gasteiger partial charge in [0.05, 0.1) is 0 Å². The Morgan fingerprint density at radius 3 is 2.42 bits per heavy atom. The van der Waals surface area contributed by atoms with Crippen molar-refractivity contribution in [3.05, 3.63) is 47.5 Å². The van der Waals surface area contributed by atoms with Gasteiger partial charge < -0.3 is 9.47 Å². The SMILES string of the molecule is C=N/C(OC1(C(F)(F)F)CCC1)=C(F)\C=C(/C)c1ccc2nnc(C(F)(F)OC)n2c1. The van der Waals surface area contributed by atoms with Gasteiger partial charge in [0.15, 0.2) is 11.5 Å². The Kier molecular flexibility index (Phi) is 5.87. The molecule has 31 heavy (non-hydrogen) atoms. The third-order valence-electron chi connectivity index (χ3n) is 5.04. The highest BCUT2D eigenvalue weighted by Crippen LogP contribution is 2.49. The molecule has 1 aliphatic rings. The van der Waals surface area contributed by atoms with Gasteiger partial charge in [0, 0.05) is 13.3 Å². The van der Waals surface area contributed by atoms with E-state index < -0.39 is 35.4 Å². The van der Waals surface area contributed by atoms with E-state index in [1.54, 1.807) is 0 Å². The van der Waals surface area contributed by atoms with Crippen LogP contribution >= 0.6 is 0 Å². The molecule has 168 valence electrons. The van der Waals surface area contributed by atoms with Crippen LogP contribution in [0.1, 0.15) is 37.6 Å². The molecule has 0 N–H and O–H groups in total. The summed E-state index contributed by atoms with van der Waals surface area (Å²) in [5.74, 6) is -2.87. The summed E-state index contributed by atoms with van der Waals surface area (Å²) in [5.41, 5.74) is -1.94. The van der Waals surface area contributed by atoms with E-state index in [4.69, 9.17) is 4.74 Å². The van der Waals surface area contributed by atoms with Crippen molar-refractivity contribution in [2.45, 2.75) is 44.1 Å². The van der Waals surface area contributed by atoms with E-state index in [-0.39, 0.29) is 36.0 Å².